The number of benzene rings is 2. The highest BCUT2D eigenvalue weighted by Gasteiger charge is 2.35. The zero-order valence-corrected chi connectivity index (χ0v) is 25.5. The van der Waals surface area contributed by atoms with E-state index in [1.807, 2.05) is 57.3 Å². The number of ether oxygens (including phenoxy) is 1. The average molecular weight is 592 g/mol. The number of carbonyl (C=O) groups excluding carboxylic acids is 3. The van der Waals surface area contributed by atoms with Gasteiger partial charge < -0.3 is 4.74 Å². The van der Waals surface area contributed by atoms with Crippen LogP contribution in [-0.4, -0.2) is 60.9 Å². The van der Waals surface area contributed by atoms with Crippen LogP contribution >= 0.6 is 0 Å². The summed E-state index contributed by atoms with van der Waals surface area (Å²) >= 11 is 0. The Balaban J connectivity index is 1.29. The zero-order chi connectivity index (χ0) is 31.0. The number of hydrogen-bond donors (Lipinski definition) is 0. The molecule has 226 valence electrons. The van der Waals surface area contributed by atoms with Crippen molar-refractivity contribution in [2.24, 2.45) is 0 Å². The third-order valence-corrected chi connectivity index (χ3v) is 8.15. The molecule has 0 radical (unpaired) electrons. The first kappa shape index (κ1) is 29.4. The number of nitrogens with zero attached hydrogens (tertiary/aromatic N) is 5. The third-order valence-electron chi connectivity index (χ3n) is 8.15. The first-order valence-electron chi connectivity index (χ1n) is 15.1. The molecule has 0 fully saturated rings. The molecule has 9 nitrogen and oxygen atoms in total. The molecular weight excluding hydrogens is 554 g/mol. The molecule has 0 saturated carbocycles. The average Bonchev–Trinajstić information content (AvgIpc) is 3.48. The minimum atomic E-state index is -0.677. The Morgan fingerprint density at radius 2 is 1.73 bits per heavy atom. The summed E-state index contributed by atoms with van der Waals surface area (Å²) in [4.78, 5) is 52.7. The SMILES string of the molecule is C=C(CCN1C(=O)c2ccccc2C1=O)CN(Cc1nc2ccccc2n1C(=O)OC(C)(C)C)C1CCCc2cccnc21. The number of hydrogen-bond acceptors (Lipinski definition) is 7. The number of aryl methyl sites for hydroxylation is 1. The standard InChI is InChI=1S/C35H37N5O4/c1-23(18-20-39-32(41)25-13-5-6-14-26(25)33(39)42)21-38(29-17-9-11-24-12-10-19-36-31(24)29)22-30-37-27-15-7-8-16-28(27)40(30)34(43)44-35(2,3)4/h5-8,10,12-16,19,29H,1,9,11,17-18,20-22H2,2-4H3. The van der Waals surface area contributed by atoms with Crippen LogP contribution in [0.2, 0.25) is 0 Å². The number of rotatable bonds is 8. The second-order valence-corrected chi connectivity index (χ2v) is 12.5. The lowest BCUT2D eigenvalue weighted by atomic mass is 9.90. The van der Waals surface area contributed by atoms with Crippen LogP contribution in [0, 0.1) is 0 Å². The summed E-state index contributed by atoms with van der Waals surface area (Å²) in [5.74, 6) is 0.0233. The number of fused-ring (bicyclic) bond motifs is 3. The molecule has 0 saturated heterocycles. The highest BCUT2D eigenvalue weighted by molar-refractivity contribution is 6.21. The summed E-state index contributed by atoms with van der Waals surface area (Å²) in [6, 6.07) is 18.5. The predicted molar refractivity (Wildman–Crippen MR) is 167 cm³/mol. The molecule has 6 rings (SSSR count). The van der Waals surface area contributed by atoms with E-state index in [4.69, 9.17) is 14.7 Å². The van der Waals surface area contributed by atoms with Crippen LogP contribution in [0.25, 0.3) is 11.0 Å². The van der Waals surface area contributed by atoms with Gasteiger partial charge in [-0.15, -0.1) is 0 Å². The molecule has 1 aliphatic carbocycles. The van der Waals surface area contributed by atoms with E-state index in [9.17, 15) is 14.4 Å². The number of para-hydroxylation sites is 2. The van der Waals surface area contributed by atoms with Gasteiger partial charge in [0, 0.05) is 19.3 Å². The summed E-state index contributed by atoms with van der Waals surface area (Å²) < 4.78 is 7.37. The van der Waals surface area contributed by atoms with Gasteiger partial charge in [0.05, 0.1) is 40.4 Å². The van der Waals surface area contributed by atoms with Crippen LogP contribution in [0.3, 0.4) is 0 Å². The Labute approximate surface area is 257 Å². The van der Waals surface area contributed by atoms with E-state index in [1.54, 1.807) is 28.8 Å². The molecule has 2 amide bonds. The van der Waals surface area contributed by atoms with Gasteiger partial charge in [-0.1, -0.05) is 42.5 Å². The van der Waals surface area contributed by atoms with Crippen LogP contribution in [0.5, 0.6) is 0 Å². The Morgan fingerprint density at radius 3 is 2.45 bits per heavy atom. The van der Waals surface area contributed by atoms with Gasteiger partial charge >= 0.3 is 6.09 Å². The maximum Gasteiger partial charge on any atom is 0.420 e. The van der Waals surface area contributed by atoms with E-state index in [1.165, 1.54) is 10.5 Å². The highest BCUT2D eigenvalue weighted by Crippen LogP contribution is 2.35. The largest absolute Gasteiger partial charge is 0.443 e. The van der Waals surface area contributed by atoms with E-state index in [2.05, 4.69) is 17.5 Å². The summed E-state index contributed by atoms with van der Waals surface area (Å²) in [5.41, 5.74) is 4.70. The van der Waals surface area contributed by atoms with Crippen molar-refractivity contribution in [2.75, 3.05) is 13.1 Å². The lowest BCUT2D eigenvalue weighted by Crippen LogP contribution is -2.36. The molecule has 2 aliphatic rings. The quantitative estimate of drug-likeness (QED) is 0.174. The van der Waals surface area contributed by atoms with Crippen LogP contribution in [0.4, 0.5) is 4.79 Å². The normalized spacial score (nSPS) is 16.4. The van der Waals surface area contributed by atoms with Gasteiger partial charge in [0.2, 0.25) is 0 Å². The molecule has 1 unspecified atom stereocenters. The maximum atomic E-state index is 13.5. The third kappa shape index (κ3) is 5.79. The number of imide groups is 1. The molecule has 0 bridgehead atoms. The van der Waals surface area contributed by atoms with Crippen LogP contribution in [0.15, 0.2) is 79.0 Å². The van der Waals surface area contributed by atoms with Crippen LogP contribution < -0.4 is 0 Å². The lowest BCUT2D eigenvalue weighted by Gasteiger charge is -2.35. The second kappa shape index (κ2) is 11.8. The minimum absolute atomic E-state index is 0.0251. The highest BCUT2D eigenvalue weighted by atomic mass is 16.6. The molecule has 2 aromatic carbocycles. The number of amides is 2. The van der Waals surface area contributed by atoms with Gasteiger partial charge in [0.15, 0.2) is 0 Å². The summed E-state index contributed by atoms with van der Waals surface area (Å²) in [6.45, 7) is 11.0. The summed E-state index contributed by atoms with van der Waals surface area (Å²) in [5, 5.41) is 0. The monoisotopic (exact) mass is 591 g/mol. The fourth-order valence-electron chi connectivity index (χ4n) is 6.17. The topological polar surface area (TPSA) is 97.6 Å². The van der Waals surface area contributed by atoms with Crippen molar-refractivity contribution in [1.29, 1.82) is 0 Å². The maximum absolute atomic E-state index is 13.5. The van der Waals surface area contributed by atoms with Gasteiger partial charge in [-0.05, 0) is 82.3 Å². The fraction of sp³-hybridized carbons (Fsp3) is 0.343. The van der Waals surface area contributed by atoms with E-state index < -0.39 is 11.7 Å². The van der Waals surface area contributed by atoms with Crippen LogP contribution in [-0.2, 0) is 17.7 Å². The number of imidazole rings is 1. The van der Waals surface area contributed by atoms with E-state index in [0.29, 0.717) is 47.5 Å². The fourth-order valence-corrected chi connectivity index (χ4v) is 6.17. The molecule has 1 aliphatic heterocycles. The van der Waals surface area contributed by atoms with Crippen molar-refractivity contribution in [1.82, 2.24) is 24.3 Å². The molecule has 2 aromatic heterocycles. The van der Waals surface area contributed by atoms with Crippen molar-refractivity contribution >= 4 is 28.9 Å². The predicted octanol–water partition coefficient (Wildman–Crippen LogP) is 6.34. The van der Waals surface area contributed by atoms with Crippen molar-refractivity contribution in [2.45, 2.75) is 64.6 Å². The van der Waals surface area contributed by atoms with Gasteiger partial charge in [-0.3, -0.25) is 24.4 Å². The first-order valence-corrected chi connectivity index (χ1v) is 15.1. The van der Waals surface area contributed by atoms with Gasteiger partial charge in [0.1, 0.15) is 11.4 Å². The van der Waals surface area contributed by atoms with E-state index in [-0.39, 0.29) is 24.4 Å². The molecule has 1 atom stereocenters. The molecule has 44 heavy (non-hydrogen) atoms. The Morgan fingerprint density at radius 1 is 1.02 bits per heavy atom. The van der Waals surface area contributed by atoms with Crippen molar-refractivity contribution in [3.05, 3.63) is 107 Å². The van der Waals surface area contributed by atoms with Crippen molar-refractivity contribution < 1.29 is 19.1 Å². The van der Waals surface area contributed by atoms with Gasteiger partial charge in [-0.2, -0.15) is 0 Å². The summed E-state index contributed by atoms with van der Waals surface area (Å²) in [6.07, 6.45) is 4.65. The van der Waals surface area contributed by atoms with Crippen molar-refractivity contribution in [3.63, 3.8) is 0 Å². The molecule has 4 aromatic rings. The summed E-state index contributed by atoms with van der Waals surface area (Å²) in [7, 11) is 0. The van der Waals surface area contributed by atoms with Gasteiger partial charge in [0.25, 0.3) is 11.8 Å². The van der Waals surface area contributed by atoms with Gasteiger partial charge in [-0.25, -0.2) is 14.3 Å². The lowest BCUT2D eigenvalue weighted by molar-refractivity contribution is 0.0531. The smallest absolute Gasteiger partial charge is 0.420 e. The number of carbonyl (C=O) groups is 3. The molecule has 0 N–H and O–H groups in total. The Bertz CT molecular complexity index is 1730. The number of aromatic nitrogens is 3. The van der Waals surface area contributed by atoms with Crippen molar-refractivity contribution in [3.8, 4) is 0 Å². The molecule has 3 heterocycles. The molecular formula is C35H37N5O4. The minimum Gasteiger partial charge on any atom is -0.443 e. The van der Waals surface area contributed by atoms with E-state index >= 15 is 0 Å². The number of pyridine rings is 1. The van der Waals surface area contributed by atoms with E-state index in [0.717, 1.165) is 30.5 Å². The second-order valence-electron chi connectivity index (χ2n) is 12.5. The molecule has 9 heteroatoms. The Kier molecular flexibility index (Phi) is 7.90. The molecule has 0 spiro atoms. The first-order chi connectivity index (χ1) is 21.1. The zero-order valence-electron chi connectivity index (χ0n) is 25.5. The van der Waals surface area contributed by atoms with Crippen LogP contribution in [0.1, 0.15) is 83.9 Å². The Hall–Kier alpha value is -4.63.